The highest BCUT2D eigenvalue weighted by Crippen LogP contribution is 2.08. The minimum absolute atomic E-state index is 0.0271. The van der Waals surface area contributed by atoms with Gasteiger partial charge in [-0.05, 0) is 43.2 Å². The largest absolute Gasteiger partial charge is 0.480 e. The zero-order valence-electron chi connectivity index (χ0n) is 25.1. The van der Waals surface area contributed by atoms with Crippen molar-refractivity contribution in [2.24, 2.45) is 38.7 Å². The van der Waals surface area contributed by atoms with E-state index in [4.69, 9.17) is 28.7 Å². The molecule has 0 aliphatic heterocycles. The Morgan fingerprint density at radius 1 is 0.622 bits per heavy atom. The molecule has 0 aliphatic rings. The van der Waals surface area contributed by atoms with Crippen molar-refractivity contribution in [1.29, 1.82) is 0 Å². The summed E-state index contributed by atoms with van der Waals surface area (Å²) >= 11 is 0. The minimum atomic E-state index is -1.26. The summed E-state index contributed by atoms with van der Waals surface area (Å²) in [5.41, 5.74) is 29.3. The number of nitrogens with two attached hydrogens (primary N) is 5. The average Bonchev–Trinajstić information content (AvgIpc) is 3.00. The Hall–Kier alpha value is -5.18. The predicted octanol–water partition coefficient (Wildman–Crippen LogP) is -1.55. The standard InChI is InChI=1S/C30H44N10O5/c31-21(17-19-9-3-1-4-10-19)25(41)38-22(13-7-15-36-29(32)33)26(42)39-23(14-8-16-37-30(34)35)27(43)40-24(28(44)45)18-20-11-5-2-6-12-20/h1-6,9-12,21-24H,7-8,13-18,31H2,(H,38,41)(H,39,42)(H,40,43)(H,44,45)(H4,32,33,36)(H4,34,35,37). The van der Waals surface area contributed by atoms with Crippen LogP contribution in [0.3, 0.4) is 0 Å². The fourth-order valence-electron chi connectivity index (χ4n) is 4.38. The first-order chi connectivity index (χ1) is 21.5. The number of aliphatic carboxylic acids is 1. The number of benzene rings is 2. The molecule has 0 heterocycles. The van der Waals surface area contributed by atoms with Crippen molar-refractivity contribution in [3.05, 3.63) is 71.8 Å². The molecule has 0 radical (unpaired) electrons. The van der Waals surface area contributed by atoms with Crippen LogP contribution in [0.2, 0.25) is 0 Å². The van der Waals surface area contributed by atoms with Crippen molar-refractivity contribution in [3.63, 3.8) is 0 Å². The van der Waals surface area contributed by atoms with Gasteiger partial charge in [0.15, 0.2) is 11.9 Å². The van der Waals surface area contributed by atoms with Crippen molar-refractivity contribution in [2.45, 2.75) is 62.7 Å². The second kappa shape index (κ2) is 19.2. The maximum Gasteiger partial charge on any atom is 0.326 e. The van der Waals surface area contributed by atoms with Crippen LogP contribution in [0, 0.1) is 0 Å². The van der Waals surface area contributed by atoms with Gasteiger partial charge in [-0.3, -0.25) is 24.4 Å². The molecule has 0 aliphatic carbocycles. The first-order valence-corrected chi connectivity index (χ1v) is 14.5. The molecule has 2 rings (SSSR count). The lowest BCUT2D eigenvalue weighted by Crippen LogP contribution is -2.57. The van der Waals surface area contributed by atoms with E-state index in [1.807, 2.05) is 30.3 Å². The predicted molar refractivity (Wildman–Crippen MR) is 172 cm³/mol. The summed E-state index contributed by atoms with van der Waals surface area (Å²) in [6.07, 6.45) is 1.08. The second-order valence-electron chi connectivity index (χ2n) is 10.4. The number of hydrogen-bond donors (Lipinski definition) is 9. The number of nitrogens with zero attached hydrogens (tertiary/aromatic N) is 2. The zero-order valence-corrected chi connectivity index (χ0v) is 25.1. The van der Waals surface area contributed by atoms with Crippen molar-refractivity contribution < 1.29 is 24.3 Å². The van der Waals surface area contributed by atoms with Gasteiger partial charge in [-0.15, -0.1) is 0 Å². The van der Waals surface area contributed by atoms with E-state index >= 15 is 0 Å². The highest BCUT2D eigenvalue weighted by molar-refractivity contribution is 5.94. The lowest BCUT2D eigenvalue weighted by atomic mass is 10.0. The van der Waals surface area contributed by atoms with Gasteiger partial charge >= 0.3 is 5.97 Å². The van der Waals surface area contributed by atoms with Crippen LogP contribution in [0.1, 0.15) is 36.8 Å². The molecule has 3 amide bonds. The Bertz CT molecular complexity index is 1300. The van der Waals surface area contributed by atoms with E-state index in [1.165, 1.54) is 0 Å². The highest BCUT2D eigenvalue weighted by Gasteiger charge is 2.30. The molecule has 0 fully saturated rings. The Balaban J connectivity index is 2.21. The van der Waals surface area contributed by atoms with Crippen LogP contribution < -0.4 is 44.6 Å². The molecule has 4 unspecified atom stereocenters. The Labute approximate surface area is 262 Å². The van der Waals surface area contributed by atoms with Gasteiger partial charge in [0, 0.05) is 19.5 Å². The molecule has 4 atom stereocenters. The summed E-state index contributed by atoms with van der Waals surface area (Å²) < 4.78 is 0. The van der Waals surface area contributed by atoms with E-state index in [1.54, 1.807) is 30.3 Å². The summed E-state index contributed by atoms with van der Waals surface area (Å²) in [7, 11) is 0. The fraction of sp³-hybridized carbons (Fsp3) is 0.400. The third-order valence-corrected chi connectivity index (χ3v) is 6.69. The van der Waals surface area contributed by atoms with E-state index in [-0.39, 0.29) is 57.1 Å². The van der Waals surface area contributed by atoms with Gasteiger partial charge in [-0.2, -0.15) is 0 Å². The molecule has 14 N–H and O–H groups in total. The van der Waals surface area contributed by atoms with Gasteiger partial charge < -0.3 is 49.7 Å². The summed E-state index contributed by atoms with van der Waals surface area (Å²) in [5.74, 6) is -3.45. The molecule has 15 heteroatoms. The lowest BCUT2D eigenvalue weighted by molar-refractivity contribution is -0.142. The van der Waals surface area contributed by atoms with Crippen molar-refractivity contribution in [2.75, 3.05) is 13.1 Å². The van der Waals surface area contributed by atoms with E-state index < -0.39 is 47.9 Å². The van der Waals surface area contributed by atoms with Crippen LogP contribution in [0.4, 0.5) is 0 Å². The van der Waals surface area contributed by atoms with Crippen LogP contribution in [0.5, 0.6) is 0 Å². The third-order valence-electron chi connectivity index (χ3n) is 6.69. The zero-order chi connectivity index (χ0) is 33.2. The third kappa shape index (κ3) is 14.2. The van der Waals surface area contributed by atoms with Crippen molar-refractivity contribution >= 4 is 35.6 Å². The Kier molecular flexibility index (Phi) is 15.3. The number of amides is 3. The number of carboxylic acid groups (broad SMARTS) is 1. The highest BCUT2D eigenvalue weighted by atomic mass is 16.4. The van der Waals surface area contributed by atoms with E-state index in [2.05, 4.69) is 25.9 Å². The SMILES string of the molecule is NC(N)=NCCCC(NC(=O)C(N)Cc1ccccc1)C(=O)NC(CCCN=C(N)N)C(=O)NC(Cc1ccccc1)C(=O)O. The molecule has 0 bridgehead atoms. The summed E-state index contributed by atoms with van der Waals surface area (Å²) in [6.45, 7) is 0.363. The van der Waals surface area contributed by atoms with Gasteiger partial charge in [-0.25, -0.2) is 4.79 Å². The van der Waals surface area contributed by atoms with Crippen LogP contribution in [-0.4, -0.2) is 78.0 Å². The number of carbonyl (C=O) groups is 4. The van der Waals surface area contributed by atoms with Crippen LogP contribution in [0.15, 0.2) is 70.6 Å². The number of carbonyl (C=O) groups excluding carboxylic acids is 3. The molecule has 244 valence electrons. The van der Waals surface area contributed by atoms with Gasteiger partial charge in [0.25, 0.3) is 0 Å². The van der Waals surface area contributed by atoms with Gasteiger partial charge in [0.1, 0.15) is 18.1 Å². The summed E-state index contributed by atoms with van der Waals surface area (Å²) in [6, 6.07) is 13.5. The number of hydrogen-bond acceptors (Lipinski definition) is 7. The number of nitrogens with one attached hydrogen (secondary N) is 3. The molecule has 45 heavy (non-hydrogen) atoms. The first-order valence-electron chi connectivity index (χ1n) is 14.5. The lowest BCUT2D eigenvalue weighted by Gasteiger charge is -2.25. The number of rotatable bonds is 19. The van der Waals surface area contributed by atoms with Crippen LogP contribution in [0.25, 0.3) is 0 Å². The Morgan fingerprint density at radius 3 is 1.44 bits per heavy atom. The molecule has 2 aromatic rings. The molecule has 0 saturated carbocycles. The maximum atomic E-state index is 13.5. The summed E-state index contributed by atoms with van der Waals surface area (Å²) in [4.78, 5) is 59.8. The number of carboxylic acids is 1. The maximum absolute atomic E-state index is 13.5. The van der Waals surface area contributed by atoms with Crippen molar-refractivity contribution in [1.82, 2.24) is 16.0 Å². The minimum Gasteiger partial charge on any atom is -0.480 e. The van der Waals surface area contributed by atoms with Crippen LogP contribution >= 0.6 is 0 Å². The van der Waals surface area contributed by atoms with Crippen molar-refractivity contribution in [3.8, 4) is 0 Å². The number of aliphatic imine (C=N–C) groups is 2. The van der Waals surface area contributed by atoms with Crippen LogP contribution in [-0.2, 0) is 32.0 Å². The molecule has 0 aromatic heterocycles. The molecular formula is C30H44N10O5. The van der Waals surface area contributed by atoms with E-state index in [9.17, 15) is 24.3 Å². The normalized spacial score (nSPS) is 13.3. The van der Waals surface area contributed by atoms with Gasteiger partial charge in [-0.1, -0.05) is 60.7 Å². The second-order valence-corrected chi connectivity index (χ2v) is 10.4. The van der Waals surface area contributed by atoms with Gasteiger partial charge in [0.05, 0.1) is 6.04 Å². The Morgan fingerprint density at radius 2 is 1.02 bits per heavy atom. The average molecular weight is 625 g/mol. The molecule has 2 aromatic carbocycles. The van der Waals surface area contributed by atoms with E-state index in [0.717, 1.165) is 5.56 Å². The molecule has 0 spiro atoms. The summed E-state index contributed by atoms with van der Waals surface area (Å²) in [5, 5.41) is 17.6. The molecule has 15 nitrogen and oxygen atoms in total. The van der Waals surface area contributed by atoms with Gasteiger partial charge in [0.2, 0.25) is 17.7 Å². The molecule has 0 saturated heterocycles. The number of guanidine groups is 2. The quantitative estimate of drug-likeness (QED) is 0.0492. The topological polar surface area (TPSA) is 279 Å². The monoisotopic (exact) mass is 624 g/mol. The van der Waals surface area contributed by atoms with E-state index in [0.29, 0.717) is 12.0 Å². The fourth-order valence-corrected chi connectivity index (χ4v) is 4.38. The smallest absolute Gasteiger partial charge is 0.326 e. The molecular weight excluding hydrogens is 580 g/mol. The first kappa shape index (κ1) is 36.0.